The molecule has 6 heteroatoms. The molecule has 1 amide bonds. The molecule has 1 aliphatic rings. The van der Waals surface area contributed by atoms with Crippen molar-refractivity contribution in [2.24, 2.45) is 5.92 Å². The van der Waals surface area contributed by atoms with Crippen molar-refractivity contribution in [3.63, 3.8) is 0 Å². The lowest BCUT2D eigenvalue weighted by atomic mass is 9.93. The van der Waals surface area contributed by atoms with E-state index in [9.17, 15) is 4.79 Å². The highest BCUT2D eigenvalue weighted by atomic mass is 16.2. The molecule has 1 N–H and O–H groups in total. The van der Waals surface area contributed by atoms with Crippen LogP contribution in [-0.4, -0.2) is 44.1 Å². The van der Waals surface area contributed by atoms with Gasteiger partial charge >= 0.3 is 0 Å². The fourth-order valence-corrected chi connectivity index (χ4v) is 2.96. The van der Waals surface area contributed by atoms with Crippen LogP contribution in [0.4, 0.5) is 0 Å². The summed E-state index contributed by atoms with van der Waals surface area (Å²) < 4.78 is 0. The molecule has 1 unspecified atom stereocenters. The molecular weight excluding hydrogens is 278 g/mol. The van der Waals surface area contributed by atoms with Gasteiger partial charge in [-0.3, -0.25) is 19.9 Å². The highest BCUT2D eigenvalue weighted by molar-refractivity contribution is 5.73. The molecule has 1 aliphatic heterocycles. The summed E-state index contributed by atoms with van der Waals surface area (Å²) >= 11 is 0. The monoisotopic (exact) mass is 299 g/mol. The Hall–Kier alpha value is -2.24. The van der Waals surface area contributed by atoms with E-state index in [1.165, 1.54) is 0 Å². The quantitative estimate of drug-likeness (QED) is 0.940. The van der Waals surface area contributed by atoms with E-state index in [2.05, 4.69) is 20.2 Å². The van der Waals surface area contributed by atoms with Crippen molar-refractivity contribution in [1.29, 1.82) is 0 Å². The Balaban J connectivity index is 1.65. The van der Waals surface area contributed by atoms with E-state index in [1.54, 1.807) is 13.1 Å². The molecule has 0 bridgehead atoms. The van der Waals surface area contributed by atoms with Gasteiger partial charge in [-0.15, -0.1) is 0 Å². The number of likely N-dealkylation sites (tertiary alicyclic amines) is 1. The van der Waals surface area contributed by atoms with Gasteiger partial charge in [-0.2, -0.15) is 5.10 Å². The van der Waals surface area contributed by atoms with Gasteiger partial charge in [0, 0.05) is 31.9 Å². The second-order valence-electron chi connectivity index (χ2n) is 6.01. The molecule has 0 aromatic carbocycles. The number of nitrogens with zero attached hydrogens (tertiary/aromatic N) is 4. The number of aromatic nitrogens is 4. The summed E-state index contributed by atoms with van der Waals surface area (Å²) in [7, 11) is 0. The minimum atomic E-state index is 0.167. The van der Waals surface area contributed by atoms with Crippen LogP contribution in [0.2, 0.25) is 0 Å². The first-order valence-corrected chi connectivity index (χ1v) is 7.70. The fourth-order valence-electron chi connectivity index (χ4n) is 2.96. The third kappa shape index (κ3) is 3.32. The summed E-state index contributed by atoms with van der Waals surface area (Å²) in [5, 5.41) is 7.10. The van der Waals surface area contributed by atoms with Gasteiger partial charge in [0.05, 0.1) is 11.9 Å². The van der Waals surface area contributed by atoms with E-state index in [0.717, 1.165) is 55.1 Å². The maximum absolute atomic E-state index is 11.5. The van der Waals surface area contributed by atoms with Crippen LogP contribution in [0, 0.1) is 12.8 Å². The van der Waals surface area contributed by atoms with Crippen molar-refractivity contribution in [3.05, 3.63) is 29.8 Å². The Morgan fingerprint density at radius 3 is 2.86 bits per heavy atom. The molecule has 3 heterocycles. The van der Waals surface area contributed by atoms with E-state index in [1.807, 2.05) is 24.1 Å². The van der Waals surface area contributed by atoms with Gasteiger partial charge in [-0.05, 0) is 38.2 Å². The second-order valence-corrected chi connectivity index (χ2v) is 6.01. The summed E-state index contributed by atoms with van der Waals surface area (Å²) in [6.07, 6.45) is 6.69. The van der Waals surface area contributed by atoms with Crippen molar-refractivity contribution in [3.8, 4) is 11.4 Å². The van der Waals surface area contributed by atoms with E-state index in [0.29, 0.717) is 5.92 Å². The Bertz CT molecular complexity index is 649. The molecular formula is C16H21N5O. The van der Waals surface area contributed by atoms with E-state index in [-0.39, 0.29) is 5.91 Å². The van der Waals surface area contributed by atoms with Gasteiger partial charge in [0.25, 0.3) is 0 Å². The minimum Gasteiger partial charge on any atom is -0.343 e. The lowest BCUT2D eigenvalue weighted by molar-refractivity contribution is -0.130. The Morgan fingerprint density at radius 2 is 2.23 bits per heavy atom. The molecule has 0 radical (unpaired) electrons. The van der Waals surface area contributed by atoms with Crippen LogP contribution >= 0.6 is 0 Å². The van der Waals surface area contributed by atoms with Gasteiger partial charge < -0.3 is 4.90 Å². The lowest BCUT2D eigenvalue weighted by Gasteiger charge is -2.31. The van der Waals surface area contributed by atoms with Crippen molar-refractivity contribution >= 4 is 5.91 Å². The number of aryl methyl sites for hydroxylation is 1. The zero-order valence-corrected chi connectivity index (χ0v) is 13.0. The van der Waals surface area contributed by atoms with Crippen LogP contribution in [0.3, 0.4) is 0 Å². The van der Waals surface area contributed by atoms with Crippen molar-refractivity contribution < 1.29 is 4.79 Å². The average Bonchev–Trinajstić information content (AvgIpc) is 2.95. The van der Waals surface area contributed by atoms with E-state index >= 15 is 0 Å². The van der Waals surface area contributed by atoms with Crippen molar-refractivity contribution in [2.45, 2.75) is 33.1 Å². The van der Waals surface area contributed by atoms with Gasteiger partial charge in [0.15, 0.2) is 0 Å². The number of nitrogens with one attached hydrogen (secondary N) is 1. The molecule has 2 aromatic rings. The zero-order chi connectivity index (χ0) is 15.5. The highest BCUT2D eigenvalue weighted by Gasteiger charge is 2.22. The molecule has 1 fully saturated rings. The van der Waals surface area contributed by atoms with Crippen LogP contribution in [0.5, 0.6) is 0 Å². The fraction of sp³-hybridized carbons (Fsp3) is 0.500. The SMILES string of the molecule is CC(=O)N1CCCC(Cc2cnc(-c3cc(C)[nH]n3)cn2)C1. The topological polar surface area (TPSA) is 74.8 Å². The highest BCUT2D eigenvalue weighted by Crippen LogP contribution is 2.21. The first-order chi connectivity index (χ1) is 10.6. The number of H-pyrrole nitrogens is 1. The number of amides is 1. The number of hydrogen-bond donors (Lipinski definition) is 1. The molecule has 116 valence electrons. The standard InChI is InChI=1S/C16H21N5O/c1-11-6-15(20-19-11)16-9-17-14(8-18-16)7-13-4-3-5-21(10-13)12(2)22/h6,8-9,13H,3-5,7,10H2,1-2H3,(H,19,20). The van der Waals surface area contributed by atoms with Crippen LogP contribution in [0.1, 0.15) is 31.2 Å². The average molecular weight is 299 g/mol. The molecule has 0 saturated carbocycles. The number of carbonyl (C=O) groups is 1. The molecule has 0 aliphatic carbocycles. The summed E-state index contributed by atoms with van der Waals surface area (Å²) in [4.78, 5) is 22.4. The van der Waals surface area contributed by atoms with Gasteiger partial charge in [0.1, 0.15) is 11.4 Å². The summed E-state index contributed by atoms with van der Waals surface area (Å²) in [5.74, 6) is 0.644. The van der Waals surface area contributed by atoms with Crippen LogP contribution in [0.25, 0.3) is 11.4 Å². The number of piperidine rings is 1. The maximum Gasteiger partial charge on any atom is 0.219 e. The lowest BCUT2D eigenvalue weighted by Crippen LogP contribution is -2.39. The van der Waals surface area contributed by atoms with Gasteiger partial charge in [0.2, 0.25) is 5.91 Å². The molecule has 22 heavy (non-hydrogen) atoms. The van der Waals surface area contributed by atoms with Crippen molar-refractivity contribution in [1.82, 2.24) is 25.1 Å². The number of rotatable bonds is 3. The summed E-state index contributed by atoms with van der Waals surface area (Å²) in [5.41, 5.74) is 3.58. The number of aromatic amines is 1. The summed E-state index contributed by atoms with van der Waals surface area (Å²) in [6.45, 7) is 5.32. The minimum absolute atomic E-state index is 0.167. The van der Waals surface area contributed by atoms with E-state index < -0.39 is 0 Å². The van der Waals surface area contributed by atoms with E-state index in [4.69, 9.17) is 0 Å². The molecule has 3 rings (SSSR count). The Labute approximate surface area is 130 Å². The first kappa shape index (κ1) is 14.7. The van der Waals surface area contributed by atoms with Crippen LogP contribution < -0.4 is 0 Å². The molecule has 6 nitrogen and oxygen atoms in total. The zero-order valence-electron chi connectivity index (χ0n) is 13.0. The number of carbonyl (C=O) groups excluding carboxylic acids is 1. The molecule has 1 atom stereocenters. The maximum atomic E-state index is 11.5. The predicted octanol–water partition coefficient (Wildman–Crippen LogP) is 1.98. The van der Waals surface area contributed by atoms with Crippen LogP contribution in [0.15, 0.2) is 18.5 Å². The third-order valence-corrected chi connectivity index (χ3v) is 4.14. The van der Waals surface area contributed by atoms with Crippen LogP contribution in [-0.2, 0) is 11.2 Å². The Morgan fingerprint density at radius 1 is 1.36 bits per heavy atom. The molecule has 1 saturated heterocycles. The van der Waals surface area contributed by atoms with Crippen molar-refractivity contribution in [2.75, 3.05) is 13.1 Å². The number of hydrogen-bond acceptors (Lipinski definition) is 4. The largest absolute Gasteiger partial charge is 0.343 e. The first-order valence-electron chi connectivity index (χ1n) is 7.70. The molecule has 0 spiro atoms. The third-order valence-electron chi connectivity index (χ3n) is 4.14. The van der Waals surface area contributed by atoms with Gasteiger partial charge in [-0.1, -0.05) is 0 Å². The normalized spacial score (nSPS) is 18.5. The second kappa shape index (κ2) is 6.25. The van der Waals surface area contributed by atoms with Gasteiger partial charge in [-0.25, -0.2) is 0 Å². The summed E-state index contributed by atoms with van der Waals surface area (Å²) in [6, 6.07) is 1.95. The molecule has 2 aromatic heterocycles. The Kier molecular flexibility index (Phi) is 4.18. The smallest absolute Gasteiger partial charge is 0.219 e. The predicted molar refractivity (Wildman–Crippen MR) is 83.0 cm³/mol.